The van der Waals surface area contributed by atoms with E-state index in [9.17, 15) is 0 Å². The van der Waals surface area contributed by atoms with Gasteiger partial charge in [0.25, 0.3) is 0 Å². The van der Waals surface area contributed by atoms with Crippen LogP contribution in [0, 0.1) is 6.92 Å². The molecule has 0 N–H and O–H groups in total. The van der Waals surface area contributed by atoms with Gasteiger partial charge in [-0.2, -0.15) is 0 Å². The van der Waals surface area contributed by atoms with Gasteiger partial charge in [0.05, 0.1) is 10.4 Å². The van der Waals surface area contributed by atoms with Gasteiger partial charge in [-0.15, -0.1) is 23.5 Å². The second-order valence-electron chi connectivity index (χ2n) is 4.87. The number of imidazole rings is 1. The molecule has 0 amide bonds. The van der Waals surface area contributed by atoms with Crippen LogP contribution in [-0.4, -0.2) is 21.1 Å². The van der Waals surface area contributed by atoms with Crippen LogP contribution in [0.2, 0.25) is 0 Å². The summed E-state index contributed by atoms with van der Waals surface area (Å²) in [5.41, 5.74) is 2.80. The Labute approximate surface area is 123 Å². The molecule has 0 aliphatic carbocycles. The van der Waals surface area contributed by atoms with Gasteiger partial charge in [-0.05, 0) is 18.9 Å². The largest absolute Gasteiger partial charge is 0.337 e. The third-order valence-corrected chi connectivity index (χ3v) is 7.10. The molecule has 2 aromatic rings. The average molecular weight is 290 g/mol. The molecule has 0 atom stereocenters. The molecule has 0 spiro atoms. The molecule has 2 nitrogen and oxygen atoms in total. The number of aromatic nitrogens is 2. The summed E-state index contributed by atoms with van der Waals surface area (Å²) < 4.78 is 2.41. The van der Waals surface area contributed by atoms with Crippen LogP contribution in [0.4, 0.5) is 0 Å². The van der Waals surface area contributed by atoms with Gasteiger partial charge in [0.2, 0.25) is 0 Å². The van der Waals surface area contributed by atoms with Gasteiger partial charge in [0.15, 0.2) is 0 Å². The molecule has 1 fully saturated rings. The number of hydrogen-bond acceptors (Lipinski definition) is 3. The van der Waals surface area contributed by atoms with Crippen LogP contribution < -0.4 is 0 Å². The van der Waals surface area contributed by atoms with Crippen molar-refractivity contribution >= 4 is 23.5 Å². The van der Waals surface area contributed by atoms with Crippen molar-refractivity contribution in [2.75, 3.05) is 11.5 Å². The van der Waals surface area contributed by atoms with Gasteiger partial charge < -0.3 is 4.57 Å². The lowest BCUT2D eigenvalue weighted by molar-refractivity contribution is 0.614. The van der Waals surface area contributed by atoms with E-state index in [0.717, 1.165) is 13.0 Å². The van der Waals surface area contributed by atoms with Crippen LogP contribution in [0.25, 0.3) is 0 Å². The summed E-state index contributed by atoms with van der Waals surface area (Å²) in [7, 11) is 0. The number of aryl methyl sites for hydroxylation is 2. The van der Waals surface area contributed by atoms with Crippen molar-refractivity contribution in [1.29, 1.82) is 0 Å². The molecular formula is C15H18N2S2. The Balaban J connectivity index is 1.80. The second-order valence-corrected chi connectivity index (χ2v) is 7.91. The zero-order valence-corrected chi connectivity index (χ0v) is 12.7. The molecule has 0 radical (unpaired) electrons. The van der Waals surface area contributed by atoms with E-state index in [4.69, 9.17) is 0 Å². The van der Waals surface area contributed by atoms with E-state index in [1.807, 2.05) is 18.7 Å². The van der Waals surface area contributed by atoms with Crippen LogP contribution in [0.15, 0.2) is 43.0 Å². The van der Waals surface area contributed by atoms with Crippen molar-refractivity contribution in [3.05, 3.63) is 54.1 Å². The monoisotopic (exact) mass is 290 g/mol. The molecule has 1 aromatic heterocycles. The molecule has 2 heterocycles. The zero-order chi connectivity index (χ0) is 13.1. The fourth-order valence-electron chi connectivity index (χ4n) is 2.41. The average Bonchev–Trinajstić information content (AvgIpc) is 3.09. The Hall–Kier alpha value is -0.870. The minimum absolute atomic E-state index is 0.234. The standard InChI is InChI=1S/C15H18N2S2/c1-13-2-4-14(5-3-13)15(18-10-11-19-15)6-8-17-9-7-16-12-17/h2-5,7,9,12H,6,8,10-11H2,1H3. The highest BCUT2D eigenvalue weighted by atomic mass is 32.2. The third kappa shape index (κ3) is 2.84. The SMILES string of the molecule is Cc1ccc(C2(CCn3ccnc3)SCCS2)cc1. The van der Waals surface area contributed by atoms with E-state index in [0.29, 0.717) is 0 Å². The topological polar surface area (TPSA) is 17.8 Å². The summed E-state index contributed by atoms with van der Waals surface area (Å²) in [5.74, 6) is 2.50. The summed E-state index contributed by atoms with van der Waals surface area (Å²) >= 11 is 4.20. The highest BCUT2D eigenvalue weighted by molar-refractivity contribution is 8.20. The van der Waals surface area contributed by atoms with Crippen LogP contribution >= 0.6 is 23.5 Å². The quantitative estimate of drug-likeness (QED) is 0.850. The molecule has 1 aliphatic heterocycles. The van der Waals surface area contributed by atoms with Crippen molar-refractivity contribution in [1.82, 2.24) is 9.55 Å². The summed E-state index contributed by atoms with van der Waals surface area (Å²) in [6.07, 6.45) is 6.97. The Morgan fingerprint density at radius 3 is 2.58 bits per heavy atom. The van der Waals surface area contributed by atoms with Crippen molar-refractivity contribution < 1.29 is 0 Å². The summed E-state index contributed by atoms with van der Waals surface area (Å²) in [4.78, 5) is 4.12. The molecule has 1 aliphatic rings. The van der Waals surface area contributed by atoms with Gasteiger partial charge in [-0.25, -0.2) is 4.98 Å². The van der Waals surface area contributed by atoms with Crippen molar-refractivity contribution in [2.45, 2.75) is 24.0 Å². The fraction of sp³-hybridized carbons (Fsp3) is 0.400. The maximum Gasteiger partial charge on any atom is 0.0945 e. The highest BCUT2D eigenvalue weighted by Crippen LogP contribution is 2.54. The number of hydrogen-bond donors (Lipinski definition) is 0. The molecule has 3 rings (SSSR count). The summed E-state index contributed by atoms with van der Waals surface area (Å²) in [6.45, 7) is 3.19. The number of benzene rings is 1. The first-order valence-electron chi connectivity index (χ1n) is 6.59. The van der Waals surface area contributed by atoms with E-state index in [1.165, 1.54) is 22.6 Å². The van der Waals surface area contributed by atoms with Crippen molar-refractivity contribution in [3.8, 4) is 0 Å². The predicted octanol–water partition coefficient (Wildman–Crippen LogP) is 3.91. The maximum absolute atomic E-state index is 4.12. The fourth-order valence-corrected chi connectivity index (χ4v) is 5.65. The highest BCUT2D eigenvalue weighted by Gasteiger charge is 2.36. The molecule has 0 bridgehead atoms. The van der Waals surface area contributed by atoms with Gasteiger partial charge >= 0.3 is 0 Å². The van der Waals surface area contributed by atoms with Crippen LogP contribution in [0.5, 0.6) is 0 Å². The van der Waals surface area contributed by atoms with E-state index < -0.39 is 0 Å². The smallest absolute Gasteiger partial charge is 0.0945 e. The lowest BCUT2D eigenvalue weighted by Gasteiger charge is -2.28. The van der Waals surface area contributed by atoms with Gasteiger partial charge in [0.1, 0.15) is 0 Å². The number of thioether (sulfide) groups is 2. The molecule has 100 valence electrons. The first-order valence-corrected chi connectivity index (χ1v) is 8.56. The predicted molar refractivity (Wildman–Crippen MR) is 84.6 cm³/mol. The summed E-state index contributed by atoms with van der Waals surface area (Å²) in [5, 5.41) is 0. The zero-order valence-electron chi connectivity index (χ0n) is 11.1. The number of nitrogens with zero attached hydrogens (tertiary/aromatic N) is 2. The van der Waals surface area contributed by atoms with E-state index in [-0.39, 0.29) is 4.08 Å². The van der Waals surface area contributed by atoms with Crippen LogP contribution in [-0.2, 0) is 10.6 Å². The molecule has 0 unspecified atom stereocenters. The van der Waals surface area contributed by atoms with Crippen molar-refractivity contribution in [3.63, 3.8) is 0 Å². The summed E-state index contributed by atoms with van der Waals surface area (Å²) in [6, 6.07) is 9.06. The number of rotatable bonds is 4. The molecule has 1 aromatic carbocycles. The van der Waals surface area contributed by atoms with E-state index in [1.54, 1.807) is 0 Å². The Bertz CT molecular complexity index is 514. The molecule has 4 heteroatoms. The second kappa shape index (κ2) is 5.63. The third-order valence-electron chi connectivity index (χ3n) is 3.50. The van der Waals surface area contributed by atoms with E-state index in [2.05, 4.69) is 64.3 Å². The van der Waals surface area contributed by atoms with Gasteiger partial charge in [0, 0.05) is 30.4 Å². The Kier molecular flexibility index (Phi) is 3.89. The molecular weight excluding hydrogens is 272 g/mol. The minimum Gasteiger partial charge on any atom is -0.337 e. The molecule has 1 saturated heterocycles. The Morgan fingerprint density at radius 1 is 1.21 bits per heavy atom. The molecule has 19 heavy (non-hydrogen) atoms. The lowest BCUT2D eigenvalue weighted by atomic mass is 10.1. The van der Waals surface area contributed by atoms with Crippen LogP contribution in [0.3, 0.4) is 0 Å². The normalized spacial score (nSPS) is 17.7. The minimum atomic E-state index is 0.234. The van der Waals surface area contributed by atoms with Crippen LogP contribution in [0.1, 0.15) is 17.5 Å². The van der Waals surface area contributed by atoms with E-state index >= 15 is 0 Å². The maximum atomic E-state index is 4.12. The van der Waals surface area contributed by atoms with Crippen molar-refractivity contribution in [2.24, 2.45) is 0 Å². The first kappa shape index (κ1) is 13.1. The molecule has 0 saturated carbocycles. The van der Waals surface area contributed by atoms with Gasteiger partial charge in [-0.3, -0.25) is 0 Å². The Morgan fingerprint density at radius 2 is 1.95 bits per heavy atom. The van der Waals surface area contributed by atoms with Gasteiger partial charge in [-0.1, -0.05) is 29.8 Å². The lowest BCUT2D eigenvalue weighted by Crippen LogP contribution is -2.17. The first-order chi connectivity index (χ1) is 9.28.